The Kier molecular flexibility index (Phi) is 3.73. The highest BCUT2D eigenvalue weighted by molar-refractivity contribution is 7.92. The van der Waals surface area contributed by atoms with Crippen LogP contribution in [-0.2, 0) is 14.8 Å². The lowest BCUT2D eigenvalue weighted by atomic mass is 10.3. The van der Waals surface area contributed by atoms with Gasteiger partial charge in [0.25, 0.3) is 0 Å². The van der Waals surface area contributed by atoms with Gasteiger partial charge in [-0.3, -0.25) is 9.52 Å². The molecule has 0 spiro atoms. The molecule has 1 aromatic rings. The molecule has 0 bridgehead atoms. The zero-order valence-electron chi connectivity index (χ0n) is 8.38. The van der Waals surface area contributed by atoms with Crippen LogP contribution in [0, 0.1) is 0 Å². The minimum Gasteiger partial charge on any atom is -0.481 e. The van der Waals surface area contributed by atoms with Crippen molar-refractivity contribution in [1.82, 2.24) is 0 Å². The third kappa shape index (κ3) is 4.18. The maximum atomic E-state index is 11.4. The number of aliphatic carboxylic acids is 1. The highest BCUT2D eigenvalue weighted by atomic mass is 32.2. The Hall–Kier alpha value is -1.76. The summed E-state index contributed by atoms with van der Waals surface area (Å²) in [5.41, 5.74) is 6.32. The summed E-state index contributed by atoms with van der Waals surface area (Å²) in [5.74, 6) is -1.60. The molecule has 0 aromatic heterocycles. The number of carboxylic acid groups (broad SMARTS) is 1. The quantitative estimate of drug-likeness (QED) is 0.653. The van der Waals surface area contributed by atoms with E-state index in [9.17, 15) is 13.2 Å². The molecular formula is C9H12N2O4S. The lowest BCUT2D eigenvalue weighted by Crippen LogP contribution is -2.18. The SMILES string of the molecule is Nc1ccc(NS(=O)(=O)CCC(=O)O)cc1. The first-order valence-electron chi connectivity index (χ1n) is 4.47. The fourth-order valence-corrected chi connectivity index (χ4v) is 2.04. The first-order chi connectivity index (χ1) is 7.39. The molecule has 0 fully saturated rings. The van der Waals surface area contributed by atoms with Crippen molar-refractivity contribution in [1.29, 1.82) is 0 Å². The van der Waals surface area contributed by atoms with Gasteiger partial charge in [-0.2, -0.15) is 0 Å². The van der Waals surface area contributed by atoms with Crippen molar-refractivity contribution in [3.8, 4) is 0 Å². The van der Waals surface area contributed by atoms with Crippen LogP contribution in [0.4, 0.5) is 11.4 Å². The number of anilines is 2. The Labute approximate surface area is 93.1 Å². The van der Waals surface area contributed by atoms with Crippen LogP contribution in [0.15, 0.2) is 24.3 Å². The third-order valence-electron chi connectivity index (χ3n) is 1.77. The Morgan fingerprint density at radius 3 is 2.38 bits per heavy atom. The number of carboxylic acids is 1. The fraction of sp³-hybridized carbons (Fsp3) is 0.222. The monoisotopic (exact) mass is 244 g/mol. The van der Waals surface area contributed by atoms with E-state index in [1.54, 1.807) is 12.1 Å². The molecule has 0 aliphatic carbocycles. The van der Waals surface area contributed by atoms with Crippen LogP contribution in [0.25, 0.3) is 0 Å². The van der Waals surface area contributed by atoms with E-state index >= 15 is 0 Å². The summed E-state index contributed by atoms with van der Waals surface area (Å²) in [5, 5.41) is 8.37. The average Bonchev–Trinajstić information content (AvgIpc) is 2.19. The van der Waals surface area contributed by atoms with Gasteiger partial charge in [-0.1, -0.05) is 0 Å². The summed E-state index contributed by atoms with van der Waals surface area (Å²) >= 11 is 0. The number of nitrogens with one attached hydrogen (secondary N) is 1. The zero-order chi connectivity index (χ0) is 12.2. The number of benzene rings is 1. The first-order valence-corrected chi connectivity index (χ1v) is 6.12. The van der Waals surface area contributed by atoms with Gasteiger partial charge in [0.2, 0.25) is 10.0 Å². The summed E-state index contributed by atoms with van der Waals surface area (Å²) in [6, 6.07) is 6.12. The molecular weight excluding hydrogens is 232 g/mol. The number of nitrogens with two attached hydrogens (primary N) is 1. The van der Waals surface area contributed by atoms with Crippen LogP contribution in [0.1, 0.15) is 6.42 Å². The fourth-order valence-electron chi connectivity index (χ4n) is 1.00. The molecule has 0 radical (unpaired) electrons. The maximum Gasteiger partial charge on any atom is 0.304 e. The summed E-state index contributed by atoms with van der Waals surface area (Å²) in [4.78, 5) is 10.2. The molecule has 6 nitrogen and oxygen atoms in total. The molecule has 1 rings (SSSR count). The van der Waals surface area contributed by atoms with Crippen LogP contribution in [0.2, 0.25) is 0 Å². The lowest BCUT2D eigenvalue weighted by Gasteiger charge is -2.06. The molecule has 88 valence electrons. The zero-order valence-corrected chi connectivity index (χ0v) is 9.20. The molecule has 16 heavy (non-hydrogen) atoms. The molecule has 1 aromatic carbocycles. The Morgan fingerprint density at radius 1 is 1.31 bits per heavy atom. The van der Waals surface area contributed by atoms with Crippen LogP contribution in [0.5, 0.6) is 0 Å². The molecule has 0 aliphatic heterocycles. The van der Waals surface area contributed by atoms with Gasteiger partial charge in [0, 0.05) is 11.4 Å². The minimum atomic E-state index is -3.61. The van der Waals surface area contributed by atoms with E-state index in [4.69, 9.17) is 10.8 Å². The van der Waals surface area contributed by atoms with Crippen LogP contribution in [0.3, 0.4) is 0 Å². The van der Waals surface area contributed by atoms with Gasteiger partial charge >= 0.3 is 5.97 Å². The Bertz CT molecular complexity index is 467. The van der Waals surface area contributed by atoms with Crippen molar-refractivity contribution >= 4 is 27.4 Å². The molecule has 0 aliphatic rings. The van der Waals surface area contributed by atoms with Crippen molar-refractivity contribution < 1.29 is 18.3 Å². The van der Waals surface area contributed by atoms with E-state index in [1.165, 1.54) is 12.1 Å². The predicted molar refractivity (Wildman–Crippen MR) is 60.5 cm³/mol. The van der Waals surface area contributed by atoms with E-state index in [2.05, 4.69) is 4.72 Å². The standard InChI is InChI=1S/C9H12N2O4S/c10-7-1-3-8(4-2-7)11-16(14,15)6-5-9(12)13/h1-4,11H,5-6,10H2,(H,12,13). The van der Waals surface area contributed by atoms with Gasteiger partial charge < -0.3 is 10.8 Å². The largest absolute Gasteiger partial charge is 0.481 e. The van der Waals surface area contributed by atoms with E-state index in [1.807, 2.05) is 0 Å². The number of hydrogen-bond acceptors (Lipinski definition) is 4. The van der Waals surface area contributed by atoms with Crippen LogP contribution in [-0.4, -0.2) is 25.2 Å². The maximum absolute atomic E-state index is 11.4. The van der Waals surface area contributed by atoms with Crippen LogP contribution < -0.4 is 10.5 Å². The van der Waals surface area contributed by atoms with Gasteiger partial charge in [-0.15, -0.1) is 0 Å². The summed E-state index contributed by atoms with van der Waals surface area (Å²) in [6.45, 7) is 0. The van der Waals surface area contributed by atoms with Gasteiger partial charge in [0.05, 0.1) is 12.2 Å². The van der Waals surface area contributed by atoms with E-state index < -0.39 is 28.2 Å². The smallest absolute Gasteiger partial charge is 0.304 e. The number of nitrogen functional groups attached to an aromatic ring is 1. The Morgan fingerprint density at radius 2 is 1.88 bits per heavy atom. The summed E-state index contributed by atoms with van der Waals surface area (Å²) < 4.78 is 25.0. The first kappa shape index (κ1) is 12.3. The van der Waals surface area contributed by atoms with Crippen molar-refractivity contribution in [3.05, 3.63) is 24.3 Å². The van der Waals surface area contributed by atoms with E-state index in [0.717, 1.165) is 0 Å². The molecule has 7 heteroatoms. The van der Waals surface area contributed by atoms with Crippen molar-refractivity contribution in [2.75, 3.05) is 16.2 Å². The third-order valence-corrected chi connectivity index (χ3v) is 3.06. The van der Waals surface area contributed by atoms with Gasteiger partial charge in [0.1, 0.15) is 0 Å². The molecule has 0 unspecified atom stereocenters. The molecule has 4 N–H and O–H groups in total. The highest BCUT2D eigenvalue weighted by Crippen LogP contribution is 2.12. The minimum absolute atomic E-state index is 0.361. The summed E-state index contributed by atoms with van der Waals surface area (Å²) in [6.07, 6.45) is -0.426. The van der Waals surface area contributed by atoms with Gasteiger partial charge in [-0.05, 0) is 24.3 Å². The van der Waals surface area contributed by atoms with Crippen LogP contribution >= 0.6 is 0 Å². The van der Waals surface area contributed by atoms with Crippen molar-refractivity contribution in [2.24, 2.45) is 0 Å². The second-order valence-corrected chi connectivity index (χ2v) is 5.03. The number of rotatable bonds is 5. The molecule has 0 amide bonds. The molecule has 0 saturated carbocycles. The van der Waals surface area contributed by atoms with E-state index in [0.29, 0.717) is 11.4 Å². The van der Waals surface area contributed by atoms with Gasteiger partial charge in [0.15, 0.2) is 0 Å². The number of sulfonamides is 1. The average molecular weight is 244 g/mol. The molecule has 0 heterocycles. The predicted octanol–water partition coefficient (Wildman–Crippen LogP) is 0.485. The molecule has 0 saturated heterocycles. The molecule has 0 atom stereocenters. The number of carbonyl (C=O) groups is 1. The van der Waals surface area contributed by atoms with Crippen molar-refractivity contribution in [3.63, 3.8) is 0 Å². The second kappa shape index (κ2) is 4.84. The van der Waals surface area contributed by atoms with Gasteiger partial charge in [-0.25, -0.2) is 8.42 Å². The highest BCUT2D eigenvalue weighted by Gasteiger charge is 2.12. The number of hydrogen-bond donors (Lipinski definition) is 3. The van der Waals surface area contributed by atoms with Crippen molar-refractivity contribution in [2.45, 2.75) is 6.42 Å². The van der Waals surface area contributed by atoms with E-state index in [-0.39, 0.29) is 0 Å². The topological polar surface area (TPSA) is 109 Å². The normalized spacial score (nSPS) is 11.0. The summed E-state index contributed by atoms with van der Waals surface area (Å²) in [7, 11) is -3.61. The Balaban J connectivity index is 2.65. The second-order valence-electron chi connectivity index (χ2n) is 3.19. The lowest BCUT2D eigenvalue weighted by molar-refractivity contribution is -0.136.